The summed E-state index contributed by atoms with van der Waals surface area (Å²) in [6, 6.07) is 12.4. The quantitative estimate of drug-likeness (QED) is 0.0810. The van der Waals surface area contributed by atoms with Crippen molar-refractivity contribution in [2.75, 3.05) is 53.5 Å². The molecule has 4 N–H and O–H groups in total. The molecule has 0 amide bonds. The lowest BCUT2D eigenvalue weighted by Gasteiger charge is -2.20. The molecule has 2 heterocycles. The number of aromatic nitrogens is 2. The zero-order chi connectivity index (χ0) is 35.3. The molecule has 0 unspecified atom stereocenters. The van der Waals surface area contributed by atoms with Crippen molar-refractivity contribution in [1.82, 2.24) is 19.8 Å². The summed E-state index contributed by atoms with van der Waals surface area (Å²) in [5, 5.41) is 18.2. The molecule has 4 rings (SSSR count). The van der Waals surface area contributed by atoms with Gasteiger partial charge in [0.25, 0.3) is 0 Å². The number of fused-ring (bicyclic) bond motifs is 2. The van der Waals surface area contributed by atoms with Crippen LogP contribution >= 0.6 is 0 Å². The van der Waals surface area contributed by atoms with Gasteiger partial charge in [0.15, 0.2) is 0 Å². The lowest BCUT2D eigenvalue weighted by molar-refractivity contribution is -0.134. The number of nitrogens with zero attached hydrogens (tertiary/aromatic N) is 2. The molecule has 10 heteroatoms. The van der Waals surface area contributed by atoms with Gasteiger partial charge in [-0.1, -0.05) is 27.7 Å². The van der Waals surface area contributed by atoms with Crippen LogP contribution in [0.2, 0.25) is 0 Å². The third kappa shape index (κ3) is 13.8. The van der Waals surface area contributed by atoms with Crippen LogP contribution in [-0.4, -0.2) is 95.4 Å². The second-order valence-electron chi connectivity index (χ2n) is 11.6. The van der Waals surface area contributed by atoms with Crippen molar-refractivity contribution >= 4 is 33.7 Å². The van der Waals surface area contributed by atoms with Gasteiger partial charge in [0.05, 0.1) is 14.2 Å². The second-order valence-corrected chi connectivity index (χ2v) is 11.6. The van der Waals surface area contributed by atoms with Crippen LogP contribution in [0, 0.1) is 0 Å². The molecule has 0 aliphatic carbocycles. The minimum absolute atomic E-state index is 0.558. The van der Waals surface area contributed by atoms with Crippen LogP contribution in [0.1, 0.15) is 64.5 Å². The van der Waals surface area contributed by atoms with E-state index in [4.69, 9.17) is 19.7 Å². The molecule has 48 heavy (non-hydrogen) atoms. The summed E-state index contributed by atoms with van der Waals surface area (Å²) in [7, 11) is 3.44. The summed E-state index contributed by atoms with van der Waals surface area (Å²) in [4.78, 5) is 30.9. The predicted octanol–water partition coefficient (Wildman–Crippen LogP) is 7.39. The fraction of sp³-hybridized carbons (Fsp3) is 0.474. The van der Waals surface area contributed by atoms with Crippen molar-refractivity contribution in [2.45, 2.75) is 66.2 Å². The molecule has 0 spiro atoms. The number of hydrogen-bond acceptors (Lipinski definition) is 6. The van der Waals surface area contributed by atoms with Gasteiger partial charge < -0.3 is 39.5 Å². The van der Waals surface area contributed by atoms with E-state index < -0.39 is 11.9 Å². The molecule has 0 radical (unpaired) electrons. The fourth-order valence-electron chi connectivity index (χ4n) is 5.62. The third-order valence-electron chi connectivity index (χ3n) is 7.87. The zero-order valence-electron chi connectivity index (χ0n) is 29.7. The van der Waals surface area contributed by atoms with Crippen molar-refractivity contribution in [3.05, 3.63) is 72.1 Å². The number of ether oxygens (including phenoxy) is 2. The van der Waals surface area contributed by atoms with Gasteiger partial charge in [-0.05, 0) is 112 Å². The molecule has 0 saturated heterocycles. The monoisotopic (exact) mass is 664 g/mol. The summed E-state index contributed by atoms with van der Waals surface area (Å²) in [5.41, 5.74) is 5.16. The molecule has 4 aromatic rings. The Hall–Kier alpha value is -4.28. The molecule has 0 fully saturated rings. The molecule has 10 nitrogen and oxygen atoms in total. The van der Waals surface area contributed by atoms with E-state index >= 15 is 0 Å². The van der Waals surface area contributed by atoms with Crippen molar-refractivity contribution in [2.24, 2.45) is 0 Å². The molecular formula is C38H56N4O6. The van der Waals surface area contributed by atoms with Crippen molar-refractivity contribution in [3.63, 3.8) is 0 Å². The summed E-state index contributed by atoms with van der Waals surface area (Å²) >= 11 is 0. The summed E-state index contributed by atoms with van der Waals surface area (Å²) in [5.74, 6) is -0.658. The summed E-state index contributed by atoms with van der Waals surface area (Å²) in [6.45, 7) is 16.0. The molecule has 0 aliphatic rings. The highest BCUT2D eigenvalue weighted by molar-refractivity contribution is 5.89. The van der Waals surface area contributed by atoms with Crippen molar-refractivity contribution in [1.29, 1.82) is 0 Å². The second kappa shape index (κ2) is 22.3. The minimum Gasteiger partial charge on any atom is -0.497 e. The highest BCUT2D eigenvalue weighted by Gasteiger charge is 2.09. The van der Waals surface area contributed by atoms with Gasteiger partial charge in [0.1, 0.15) is 11.5 Å². The van der Waals surface area contributed by atoms with Crippen LogP contribution in [0.25, 0.3) is 21.8 Å². The molecule has 2 aromatic carbocycles. The Kier molecular flexibility index (Phi) is 18.6. The maximum atomic E-state index is 9.55. The smallest absolute Gasteiger partial charge is 0.328 e. The first-order valence-corrected chi connectivity index (χ1v) is 17.1. The highest BCUT2D eigenvalue weighted by atomic mass is 16.5. The zero-order valence-corrected chi connectivity index (χ0v) is 29.7. The average molecular weight is 665 g/mol. The van der Waals surface area contributed by atoms with E-state index in [2.05, 4.69) is 84.1 Å². The van der Waals surface area contributed by atoms with Crippen LogP contribution in [-0.2, 0) is 22.4 Å². The van der Waals surface area contributed by atoms with Crippen molar-refractivity contribution < 1.29 is 29.3 Å². The average Bonchev–Trinajstić information content (AvgIpc) is 3.69. The Morgan fingerprint density at radius 3 is 1.27 bits per heavy atom. The highest BCUT2D eigenvalue weighted by Crippen LogP contribution is 2.25. The van der Waals surface area contributed by atoms with E-state index in [0.29, 0.717) is 12.2 Å². The van der Waals surface area contributed by atoms with Gasteiger partial charge in [-0.3, -0.25) is 0 Å². The number of carboxylic acid groups (broad SMARTS) is 2. The van der Waals surface area contributed by atoms with E-state index in [9.17, 15) is 9.59 Å². The first-order chi connectivity index (χ1) is 23.2. The van der Waals surface area contributed by atoms with E-state index in [1.165, 1.54) is 84.8 Å². The molecule has 0 atom stereocenters. The number of aliphatic carboxylic acids is 2. The Morgan fingerprint density at radius 2 is 0.979 bits per heavy atom. The molecule has 0 aliphatic heterocycles. The fourth-order valence-corrected chi connectivity index (χ4v) is 5.62. The first-order valence-electron chi connectivity index (χ1n) is 17.1. The number of methoxy groups -OCH3 is 2. The van der Waals surface area contributed by atoms with Gasteiger partial charge in [-0.2, -0.15) is 0 Å². The predicted molar refractivity (Wildman–Crippen MR) is 196 cm³/mol. The van der Waals surface area contributed by atoms with E-state index in [0.717, 1.165) is 37.4 Å². The number of aromatic amines is 2. The minimum atomic E-state index is -1.26. The van der Waals surface area contributed by atoms with Gasteiger partial charge in [-0.25, -0.2) is 9.59 Å². The Labute approximate surface area is 285 Å². The van der Waals surface area contributed by atoms with Gasteiger partial charge in [-0.15, -0.1) is 0 Å². The normalized spacial score (nSPS) is 11.1. The van der Waals surface area contributed by atoms with Crippen molar-refractivity contribution in [3.8, 4) is 11.5 Å². The number of benzene rings is 2. The van der Waals surface area contributed by atoms with E-state index in [-0.39, 0.29) is 0 Å². The molecule has 0 saturated carbocycles. The number of rotatable bonds is 18. The van der Waals surface area contributed by atoms with Crippen LogP contribution in [0.15, 0.2) is 60.9 Å². The van der Waals surface area contributed by atoms with Gasteiger partial charge in [0, 0.05) is 59.4 Å². The number of carboxylic acids is 2. The topological polar surface area (TPSA) is 131 Å². The van der Waals surface area contributed by atoms with Gasteiger partial charge >= 0.3 is 11.9 Å². The van der Waals surface area contributed by atoms with Crippen LogP contribution in [0.5, 0.6) is 11.5 Å². The number of H-pyrrole nitrogens is 2. The van der Waals surface area contributed by atoms with E-state index in [1.807, 2.05) is 12.1 Å². The Balaban J connectivity index is 0.000000274. The molecular weight excluding hydrogens is 608 g/mol. The Morgan fingerprint density at radius 1 is 0.625 bits per heavy atom. The largest absolute Gasteiger partial charge is 0.497 e. The molecule has 264 valence electrons. The first kappa shape index (κ1) is 39.9. The lowest BCUT2D eigenvalue weighted by atomic mass is 10.1. The standard InChI is InChI=1S/2C17H26N2O.C4H4O4/c2*1-4-9-19(10-5-2)11-8-14-13-18-17-7-6-15(20-3)12-16(14)17;5-3(6)1-2-4(7)8/h2*6-7,12-13,18H,4-5,8-11H2,1-3H3;1-2H,(H,5,6)(H,7,8)/b;;2-1+. The number of hydrogen-bond donors (Lipinski definition) is 4. The van der Waals surface area contributed by atoms with Crippen LogP contribution in [0.4, 0.5) is 0 Å². The number of nitrogens with one attached hydrogen (secondary N) is 2. The van der Waals surface area contributed by atoms with Crippen LogP contribution in [0.3, 0.4) is 0 Å². The summed E-state index contributed by atoms with van der Waals surface area (Å²) in [6.07, 6.45) is 12.5. The molecule has 0 bridgehead atoms. The van der Waals surface area contributed by atoms with E-state index in [1.54, 1.807) is 14.2 Å². The maximum Gasteiger partial charge on any atom is 0.328 e. The molecule has 2 aromatic heterocycles. The summed E-state index contributed by atoms with van der Waals surface area (Å²) < 4.78 is 10.7. The van der Waals surface area contributed by atoms with Gasteiger partial charge in [0.2, 0.25) is 0 Å². The lowest BCUT2D eigenvalue weighted by Crippen LogP contribution is -2.27. The number of carbonyl (C=O) groups is 2. The Bertz CT molecular complexity index is 1420. The third-order valence-corrected chi connectivity index (χ3v) is 7.87. The SMILES string of the molecule is CCCN(CCC)CCc1c[nH]c2ccc(OC)cc12.CCCN(CCC)CCc1c[nH]c2ccc(OC)cc12.O=C(O)/C=C/C(=O)O. The maximum absolute atomic E-state index is 9.55. The van der Waals surface area contributed by atoms with Crippen LogP contribution < -0.4 is 9.47 Å².